The summed E-state index contributed by atoms with van der Waals surface area (Å²) in [4.78, 5) is 0. The molecule has 0 aliphatic heterocycles. The summed E-state index contributed by atoms with van der Waals surface area (Å²) in [5, 5.41) is 0. The topological polar surface area (TPSA) is 52.0 Å². The van der Waals surface area contributed by atoms with Crippen molar-refractivity contribution in [2.24, 2.45) is 11.5 Å². The predicted octanol–water partition coefficient (Wildman–Crippen LogP) is 1.74. The van der Waals surface area contributed by atoms with Gasteiger partial charge in [0.1, 0.15) is 0 Å². The number of halogens is 2. The normalized spacial score (nSPS) is 44.7. The molecule has 0 unspecified atom stereocenters. The Morgan fingerprint density at radius 2 is 1.18 bits per heavy atom. The Hall–Kier alpha value is 2.07. The molecule has 4 N–H and O–H groups in total. The zero-order valence-corrected chi connectivity index (χ0v) is 12.6. The third-order valence-electron chi connectivity index (χ3n) is 2.02. The van der Waals surface area contributed by atoms with Crippen LogP contribution in [0.3, 0.4) is 0 Å². The first-order valence-corrected chi connectivity index (χ1v) is 5.57. The van der Waals surface area contributed by atoms with Gasteiger partial charge < -0.3 is 11.5 Å². The second-order valence-corrected chi connectivity index (χ2v) is 6.78. The summed E-state index contributed by atoms with van der Waals surface area (Å²) in [7, 11) is 0. The van der Waals surface area contributed by atoms with Crippen molar-refractivity contribution in [1.29, 1.82) is 0 Å². The van der Waals surface area contributed by atoms with E-state index >= 15 is 0 Å². The van der Waals surface area contributed by atoms with Gasteiger partial charge in [-0.2, -0.15) is 0 Å². The van der Waals surface area contributed by atoms with E-state index in [4.69, 9.17) is 11.5 Å². The molecular weight excluding hydrogens is 549 g/mol. The maximum atomic E-state index is 6.01. The zero-order chi connectivity index (χ0) is 7.83. The van der Waals surface area contributed by atoms with Crippen LogP contribution >= 0.6 is 45.2 Å². The second-order valence-electron chi connectivity index (χ2n) is 2.93. The maximum Gasteiger partial charge on any atom is 2.00 e. The van der Waals surface area contributed by atoms with E-state index in [1.807, 2.05) is 0 Å². The van der Waals surface area contributed by atoms with Gasteiger partial charge in [0, 0.05) is 0 Å². The molecule has 1 saturated carbocycles. The third-order valence-corrected chi connectivity index (χ3v) is 6.06. The van der Waals surface area contributed by atoms with Crippen molar-refractivity contribution in [3.8, 4) is 0 Å². The molecule has 0 aromatic carbocycles. The Kier molecular flexibility index (Phi) is 5.38. The smallest absolute Gasteiger partial charge is 0.315 e. The van der Waals surface area contributed by atoms with Gasteiger partial charge >= 0.3 is 21.1 Å². The van der Waals surface area contributed by atoms with Crippen molar-refractivity contribution in [1.82, 2.24) is 0 Å². The first-order valence-electron chi connectivity index (χ1n) is 3.41. The van der Waals surface area contributed by atoms with Crippen LogP contribution in [0.5, 0.6) is 0 Å². The molecule has 2 nitrogen and oxygen atoms in total. The Morgan fingerprint density at radius 1 is 0.909 bits per heavy atom. The molecule has 1 aliphatic carbocycles. The maximum absolute atomic E-state index is 6.01. The van der Waals surface area contributed by atoms with Gasteiger partial charge in [-0.1, -0.05) is 58.0 Å². The fourth-order valence-electron chi connectivity index (χ4n) is 1.18. The molecule has 1 rings (SSSR count). The van der Waals surface area contributed by atoms with E-state index < -0.39 is 0 Å². The van der Waals surface area contributed by atoms with Crippen molar-refractivity contribution in [3.63, 3.8) is 0 Å². The molecule has 0 bridgehead atoms. The van der Waals surface area contributed by atoms with Crippen LogP contribution < -0.4 is 11.5 Å². The van der Waals surface area contributed by atoms with Crippen LogP contribution in [0.25, 0.3) is 0 Å². The zero-order valence-electron chi connectivity index (χ0n) is 6.06. The predicted molar refractivity (Wildman–Crippen MR) is 60.3 cm³/mol. The van der Waals surface area contributed by atoms with Gasteiger partial charge in [0.15, 0.2) is 0 Å². The monoisotopic (exact) mass is 561 g/mol. The summed E-state index contributed by atoms with van der Waals surface area (Å²) in [5.74, 6) is 0. The summed E-state index contributed by atoms with van der Waals surface area (Å²) < 4.78 is -0.382. The molecule has 0 spiro atoms. The Labute approximate surface area is 109 Å². The van der Waals surface area contributed by atoms with Gasteiger partial charge in [0.05, 0.1) is 7.09 Å². The number of nitrogens with two attached hydrogens (primary N) is 2. The number of alkyl halides is 2. The fraction of sp³-hybridized carbons (Fsp3) is 1.00. The first kappa shape index (κ1) is 13.1. The summed E-state index contributed by atoms with van der Waals surface area (Å²) in [5.41, 5.74) is 12.0. The molecule has 0 heterocycles. The van der Waals surface area contributed by atoms with Gasteiger partial charge in [0.2, 0.25) is 0 Å². The Balaban J connectivity index is 0.000001000. The first-order chi connectivity index (χ1) is 4.46. The summed E-state index contributed by atoms with van der Waals surface area (Å²) in [6, 6.07) is 0. The van der Waals surface area contributed by atoms with Crippen molar-refractivity contribution in [2.75, 3.05) is 0 Å². The van der Waals surface area contributed by atoms with Gasteiger partial charge in [-0.05, 0) is 12.8 Å². The van der Waals surface area contributed by atoms with Crippen LogP contribution in [0.1, 0.15) is 25.7 Å². The molecular formula is C6H12I2N2Pt+2. The molecule has 0 aromatic heterocycles. The number of rotatable bonds is 0. The van der Waals surface area contributed by atoms with Gasteiger partial charge in [-0.3, -0.25) is 0 Å². The van der Waals surface area contributed by atoms with Crippen molar-refractivity contribution < 1.29 is 21.1 Å². The molecule has 0 amide bonds. The average Bonchev–Trinajstić information content (AvgIpc) is 1.77. The molecule has 1 fully saturated rings. The van der Waals surface area contributed by atoms with Crippen LogP contribution in [0.2, 0.25) is 0 Å². The van der Waals surface area contributed by atoms with Crippen LogP contribution in [0.4, 0.5) is 0 Å². The van der Waals surface area contributed by atoms with Crippen LogP contribution in [-0.2, 0) is 21.1 Å². The van der Waals surface area contributed by atoms with E-state index in [2.05, 4.69) is 45.2 Å². The molecule has 0 aromatic rings. The van der Waals surface area contributed by atoms with Crippen molar-refractivity contribution in [3.05, 3.63) is 0 Å². The Morgan fingerprint density at radius 3 is 1.36 bits per heavy atom. The molecule has 0 radical (unpaired) electrons. The van der Waals surface area contributed by atoms with Crippen LogP contribution in [0.15, 0.2) is 0 Å². The quantitative estimate of drug-likeness (QED) is 0.269. The molecule has 5 heteroatoms. The molecule has 2 atom stereocenters. The third kappa shape index (κ3) is 3.04. The van der Waals surface area contributed by atoms with E-state index in [1.165, 1.54) is 12.8 Å². The minimum Gasteiger partial charge on any atom is -0.315 e. The van der Waals surface area contributed by atoms with Gasteiger partial charge in [-0.25, -0.2) is 0 Å². The average molecular weight is 561 g/mol. The van der Waals surface area contributed by atoms with E-state index in [-0.39, 0.29) is 28.2 Å². The van der Waals surface area contributed by atoms with Crippen molar-refractivity contribution in [2.45, 2.75) is 32.8 Å². The fourth-order valence-corrected chi connectivity index (χ4v) is 2.48. The molecule has 1 aliphatic rings. The van der Waals surface area contributed by atoms with E-state index in [0.717, 1.165) is 12.8 Å². The van der Waals surface area contributed by atoms with E-state index in [1.54, 1.807) is 0 Å². The van der Waals surface area contributed by atoms with E-state index in [9.17, 15) is 0 Å². The minimum atomic E-state index is -0.191. The Bertz CT molecular complexity index is 123. The molecule has 68 valence electrons. The SMILES string of the molecule is N[C@@]1(I)CCCC[C@@]1(N)I.[Pt+2]. The number of hydrogen-bond donors (Lipinski definition) is 2. The van der Waals surface area contributed by atoms with Gasteiger partial charge in [0.25, 0.3) is 0 Å². The largest absolute Gasteiger partial charge is 2.00 e. The van der Waals surface area contributed by atoms with E-state index in [0.29, 0.717) is 0 Å². The van der Waals surface area contributed by atoms with Crippen molar-refractivity contribution >= 4 is 45.2 Å². The second kappa shape index (κ2) is 4.53. The van der Waals surface area contributed by atoms with Gasteiger partial charge in [-0.15, -0.1) is 0 Å². The molecule has 0 saturated heterocycles. The minimum absolute atomic E-state index is 0. The van der Waals surface area contributed by atoms with Crippen LogP contribution in [-0.4, -0.2) is 7.09 Å². The molecule has 11 heavy (non-hydrogen) atoms. The van der Waals surface area contributed by atoms with Crippen LogP contribution in [0, 0.1) is 0 Å². The summed E-state index contributed by atoms with van der Waals surface area (Å²) in [6.45, 7) is 0. The summed E-state index contributed by atoms with van der Waals surface area (Å²) >= 11 is 4.56. The summed E-state index contributed by atoms with van der Waals surface area (Å²) in [6.07, 6.45) is 4.54. The number of hydrogen-bond acceptors (Lipinski definition) is 2. The standard InChI is InChI=1S/C6H12I2N2.Pt/c7-5(9)3-1-2-4-6(5,8)10;/h1-4,9-10H2;/q;+2/t5-,6-;/m0./s1.